The van der Waals surface area contributed by atoms with Crippen LogP contribution in [0.1, 0.15) is 30.3 Å². The molecule has 6 nitrogen and oxygen atoms in total. The van der Waals surface area contributed by atoms with Gasteiger partial charge in [-0.05, 0) is 25.8 Å². The largest absolute Gasteiger partial charge is 0.491 e. The number of amides is 2. The van der Waals surface area contributed by atoms with Crippen molar-refractivity contribution < 1.29 is 9.53 Å². The monoisotopic (exact) mass is 314 g/mol. The Morgan fingerprint density at radius 1 is 1.39 bits per heavy atom. The van der Waals surface area contributed by atoms with Crippen LogP contribution in [0, 0.1) is 6.92 Å². The summed E-state index contributed by atoms with van der Waals surface area (Å²) >= 11 is 0. The van der Waals surface area contributed by atoms with Crippen LogP contribution in [0.3, 0.4) is 0 Å². The zero-order chi connectivity index (χ0) is 16.1. The Morgan fingerprint density at radius 3 is 3.09 bits per heavy atom. The van der Waals surface area contributed by atoms with E-state index in [1.165, 1.54) is 0 Å². The van der Waals surface area contributed by atoms with E-state index in [1.54, 1.807) is 0 Å². The van der Waals surface area contributed by atoms with Crippen molar-refractivity contribution in [2.45, 2.75) is 32.4 Å². The van der Waals surface area contributed by atoms with Crippen LogP contribution in [0.15, 0.2) is 36.7 Å². The third-order valence-corrected chi connectivity index (χ3v) is 4.04. The van der Waals surface area contributed by atoms with Crippen molar-refractivity contribution in [1.29, 1.82) is 0 Å². The van der Waals surface area contributed by atoms with Gasteiger partial charge in [-0.1, -0.05) is 18.2 Å². The third-order valence-electron chi connectivity index (χ3n) is 4.04. The first-order valence-corrected chi connectivity index (χ1v) is 7.98. The van der Waals surface area contributed by atoms with Crippen molar-refractivity contribution in [1.82, 2.24) is 20.2 Å². The zero-order valence-corrected chi connectivity index (χ0v) is 13.3. The van der Waals surface area contributed by atoms with E-state index >= 15 is 0 Å². The molecule has 2 N–H and O–H groups in total. The van der Waals surface area contributed by atoms with Gasteiger partial charge in [0.1, 0.15) is 18.2 Å². The van der Waals surface area contributed by atoms with Gasteiger partial charge < -0.3 is 19.9 Å². The van der Waals surface area contributed by atoms with E-state index in [1.807, 2.05) is 43.6 Å². The molecule has 6 heteroatoms. The van der Waals surface area contributed by atoms with E-state index in [0.717, 1.165) is 36.5 Å². The predicted octanol–water partition coefficient (Wildman–Crippen LogP) is 2.40. The second kappa shape index (κ2) is 7.17. The number of carbonyl (C=O) groups excluding carboxylic acids is 1. The molecule has 2 amide bonds. The molecule has 0 saturated heterocycles. The maximum Gasteiger partial charge on any atom is 0.315 e. The highest BCUT2D eigenvalue weighted by Crippen LogP contribution is 2.31. The summed E-state index contributed by atoms with van der Waals surface area (Å²) in [6.07, 6.45) is 5.73. The number of rotatable bonds is 6. The van der Waals surface area contributed by atoms with E-state index in [4.69, 9.17) is 4.74 Å². The summed E-state index contributed by atoms with van der Waals surface area (Å²) in [6.45, 7) is 4.08. The second-order valence-electron chi connectivity index (χ2n) is 5.68. The molecule has 23 heavy (non-hydrogen) atoms. The lowest BCUT2D eigenvalue weighted by Crippen LogP contribution is -2.39. The normalized spacial score (nSPS) is 15.8. The summed E-state index contributed by atoms with van der Waals surface area (Å²) in [4.78, 5) is 16.2. The number of aromatic nitrogens is 2. The molecule has 1 aliphatic rings. The number of ether oxygens (including phenoxy) is 1. The van der Waals surface area contributed by atoms with Gasteiger partial charge in [-0.25, -0.2) is 9.78 Å². The lowest BCUT2D eigenvalue weighted by Gasteiger charge is -2.13. The number of urea groups is 1. The number of aryl methyl sites for hydroxylation is 2. The van der Waals surface area contributed by atoms with Crippen LogP contribution in [-0.2, 0) is 6.54 Å². The number of hydrogen-bond donors (Lipinski definition) is 2. The molecule has 1 aromatic carbocycles. The molecule has 2 heterocycles. The Bertz CT molecular complexity index is 668. The first-order valence-electron chi connectivity index (χ1n) is 7.98. The van der Waals surface area contributed by atoms with E-state index in [2.05, 4.69) is 20.2 Å². The smallest absolute Gasteiger partial charge is 0.315 e. The van der Waals surface area contributed by atoms with Crippen LogP contribution in [0.25, 0.3) is 0 Å². The Morgan fingerprint density at radius 2 is 2.26 bits per heavy atom. The van der Waals surface area contributed by atoms with Crippen molar-refractivity contribution in [3.05, 3.63) is 48.0 Å². The molecule has 3 rings (SSSR count). The number of nitrogens with zero attached hydrogens (tertiary/aromatic N) is 2. The Balaban J connectivity index is 1.35. The summed E-state index contributed by atoms with van der Waals surface area (Å²) < 4.78 is 7.67. The Kier molecular flexibility index (Phi) is 4.80. The van der Waals surface area contributed by atoms with Gasteiger partial charge in [0.05, 0.1) is 6.04 Å². The second-order valence-corrected chi connectivity index (χ2v) is 5.68. The van der Waals surface area contributed by atoms with Crippen LogP contribution in [-0.4, -0.2) is 28.7 Å². The molecule has 122 valence electrons. The number of hydrogen-bond acceptors (Lipinski definition) is 3. The minimum atomic E-state index is -0.144. The molecular weight excluding hydrogens is 292 g/mol. The van der Waals surface area contributed by atoms with Crippen LogP contribution in [0.5, 0.6) is 5.75 Å². The first kappa shape index (κ1) is 15.4. The predicted molar refractivity (Wildman–Crippen MR) is 87.4 cm³/mol. The molecule has 0 spiro atoms. The molecule has 0 saturated carbocycles. The fourth-order valence-electron chi connectivity index (χ4n) is 2.74. The van der Waals surface area contributed by atoms with Crippen molar-refractivity contribution in [2.24, 2.45) is 0 Å². The van der Waals surface area contributed by atoms with E-state index in [9.17, 15) is 4.79 Å². The summed E-state index contributed by atoms with van der Waals surface area (Å²) in [7, 11) is 0. The van der Waals surface area contributed by atoms with E-state index in [-0.39, 0.29) is 12.1 Å². The maximum absolute atomic E-state index is 12.0. The summed E-state index contributed by atoms with van der Waals surface area (Å²) in [5.74, 6) is 1.88. The van der Waals surface area contributed by atoms with Gasteiger partial charge in [-0.2, -0.15) is 0 Å². The van der Waals surface area contributed by atoms with Crippen LogP contribution in [0.4, 0.5) is 4.79 Å². The number of nitrogens with one attached hydrogen (secondary N) is 2. The van der Waals surface area contributed by atoms with Gasteiger partial charge in [-0.3, -0.25) is 0 Å². The number of unbranched alkanes of at least 4 members (excludes halogenated alkanes) is 1. The lowest BCUT2D eigenvalue weighted by molar-refractivity contribution is 0.232. The number of fused-ring (bicyclic) bond motifs is 1. The fourth-order valence-corrected chi connectivity index (χ4v) is 2.74. The molecule has 1 atom stereocenters. The highest BCUT2D eigenvalue weighted by atomic mass is 16.5. The quantitative estimate of drug-likeness (QED) is 0.805. The molecule has 1 aliphatic heterocycles. The van der Waals surface area contributed by atoms with Gasteiger partial charge in [-0.15, -0.1) is 0 Å². The number of benzene rings is 1. The Labute approximate surface area is 135 Å². The number of para-hydroxylation sites is 1. The molecule has 1 aromatic heterocycles. The average molecular weight is 314 g/mol. The minimum absolute atomic E-state index is 0.0696. The summed E-state index contributed by atoms with van der Waals surface area (Å²) in [5, 5.41) is 5.86. The third kappa shape index (κ3) is 3.83. The van der Waals surface area contributed by atoms with Crippen LogP contribution >= 0.6 is 0 Å². The highest BCUT2D eigenvalue weighted by molar-refractivity contribution is 5.74. The molecular formula is C17H22N4O2. The topological polar surface area (TPSA) is 68.2 Å². The molecule has 0 bridgehead atoms. The molecule has 0 radical (unpaired) electrons. The summed E-state index contributed by atoms with van der Waals surface area (Å²) in [6, 6.07) is 7.59. The molecule has 0 aliphatic carbocycles. The standard InChI is InChI=1S/C17H22N4O2/c1-13-18-9-11-21(13)10-5-4-8-19-17(22)20-15-12-23-16-7-3-2-6-14(15)16/h2-3,6-7,9,11,15H,4-5,8,10,12H2,1H3,(H2,19,20,22)/t15-/m1/s1. The van der Waals surface area contributed by atoms with Crippen molar-refractivity contribution >= 4 is 6.03 Å². The van der Waals surface area contributed by atoms with Gasteiger partial charge in [0, 0.05) is 31.0 Å². The Hall–Kier alpha value is -2.50. The van der Waals surface area contributed by atoms with E-state index < -0.39 is 0 Å². The summed E-state index contributed by atoms with van der Waals surface area (Å²) in [5.41, 5.74) is 1.04. The molecule has 0 fully saturated rings. The minimum Gasteiger partial charge on any atom is -0.491 e. The van der Waals surface area contributed by atoms with Gasteiger partial charge >= 0.3 is 6.03 Å². The van der Waals surface area contributed by atoms with Gasteiger partial charge in [0.25, 0.3) is 0 Å². The molecule has 0 unspecified atom stereocenters. The lowest BCUT2D eigenvalue weighted by atomic mass is 10.1. The maximum atomic E-state index is 12.0. The number of carbonyl (C=O) groups is 1. The van der Waals surface area contributed by atoms with Gasteiger partial charge in [0.2, 0.25) is 0 Å². The van der Waals surface area contributed by atoms with Gasteiger partial charge in [0.15, 0.2) is 0 Å². The van der Waals surface area contributed by atoms with Crippen molar-refractivity contribution in [3.63, 3.8) is 0 Å². The average Bonchev–Trinajstić information content (AvgIpc) is 3.14. The van der Waals surface area contributed by atoms with Crippen LogP contribution < -0.4 is 15.4 Å². The zero-order valence-electron chi connectivity index (χ0n) is 13.3. The number of imidazole rings is 1. The molecule has 2 aromatic rings. The first-order chi connectivity index (χ1) is 11.2. The fraction of sp³-hybridized carbons (Fsp3) is 0.412. The van der Waals surface area contributed by atoms with Crippen molar-refractivity contribution in [2.75, 3.05) is 13.2 Å². The highest BCUT2D eigenvalue weighted by Gasteiger charge is 2.24. The van der Waals surface area contributed by atoms with Crippen LogP contribution in [0.2, 0.25) is 0 Å². The van der Waals surface area contributed by atoms with E-state index in [0.29, 0.717) is 13.2 Å². The van der Waals surface area contributed by atoms with Crippen molar-refractivity contribution in [3.8, 4) is 5.75 Å². The SMILES string of the molecule is Cc1nccn1CCCCNC(=O)N[C@@H]1COc2ccccc21.